The highest BCUT2D eigenvalue weighted by molar-refractivity contribution is 7.89. The first-order valence-electron chi connectivity index (χ1n) is 11.8. The number of non-ortho nitro benzene ring substituents is 1. The van der Waals surface area contributed by atoms with Gasteiger partial charge in [0.15, 0.2) is 0 Å². The van der Waals surface area contributed by atoms with Crippen molar-refractivity contribution in [2.24, 2.45) is 0 Å². The number of sulfonamides is 1. The average Bonchev–Trinajstić information content (AvgIpc) is 3.31. The first-order valence-corrected chi connectivity index (χ1v) is 13.3. The summed E-state index contributed by atoms with van der Waals surface area (Å²) in [5.41, 5.74) is 3.07. The number of carbonyl (C=O) groups is 1. The highest BCUT2D eigenvalue weighted by Crippen LogP contribution is 2.26. The number of anilines is 1. The fourth-order valence-corrected chi connectivity index (χ4v) is 5.44. The molecule has 196 valence electrons. The van der Waals surface area contributed by atoms with Gasteiger partial charge in [0.25, 0.3) is 5.69 Å². The van der Waals surface area contributed by atoms with Crippen LogP contribution in [0.2, 0.25) is 0 Å². The van der Waals surface area contributed by atoms with Crippen molar-refractivity contribution in [2.45, 2.75) is 31.7 Å². The van der Waals surface area contributed by atoms with Crippen LogP contribution < -0.4 is 5.32 Å². The number of hydrogen-bond donors (Lipinski definition) is 1. The van der Waals surface area contributed by atoms with E-state index >= 15 is 0 Å². The van der Waals surface area contributed by atoms with Crippen LogP contribution in [0.3, 0.4) is 0 Å². The van der Waals surface area contributed by atoms with Crippen LogP contribution in [-0.2, 0) is 14.8 Å². The summed E-state index contributed by atoms with van der Waals surface area (Å²) in [6.45, 7) is 4.81. The Morgan fingerprint density at radius 3 is 2.24 bits per heavy atom. The van der Waals surface area contributed by atoms with Crippen molar-refractivity contribution in [1.82, 2.24) is 14.1 Å². The van der Waals surface area contributed by atoms with Crippen molar-refractivity contribution >= 4 is 27.4 Å². The largest absolute Gasteiger partial charge is 0.309 e. The molecule has 0 bridgehead atoms. The standard InChI is InChI=1S/C27H27N5O5S/c1-19(2)30(38(36,37)24-15-13-23(14-16-24)32(34)35)18-27(33)28-26-17-25(21-7-5-4-6-8-21)29-31(26)22-11-9-20(3)10-12-22/h4-17,19H,18H2,1-3H3,(H,28,33). The molecular weight excluding hydrogens is 506 g/mol. The summed E-state index contributed by atoms with van der Waals surface area (Å²) >= 11 is 0. The molecule has 0 saturated carbocycles. The van der Waals surface area contributed by atoms with Gasteiger partial charge in [-0.05, 0) is 45.0 Å². The molecule has 0 unspecified atom stereocenters. The molecule has 0 atom stereocenters. The summed E-state index contributed by atoms with van der Waals surface area (Å²) in [5, 5.41) is 18.4. The Balaban J connectivity index is 1.63. The normalized spacial score (nSPS) is 11.6. The Labute approximate surface area is 220 Å². The summed E-state index contributed by atoms with van der Waals surface area (Å²) in [7, 11) is -4.11. The second-order valence-corrected chi connectivity index (χ2v) is 10.9. The van der Waals surface area contributed by atoms with Crippen molar-refractivity contribution in [3.05, 3.63) is 101 Å². The van der Waals surface area contributed by atoms with Crippen molar-refractivity contribution in [3.8, 4) is 16.9 Å². The summed E-state index contributed by atoms with van der Waals surface area (Å²) in [6.07, 6.45) is 0. The van der Waals surface area contributed by atoms with Gasteiger partial charge in [-0.2, -0.15) is 9.40 Å². The molecule has 4 rings (SSSR count). The van der Waals surface area contributed by atoms with E-state index in [4.69, 9.17) is 0 Å². The molecule has 1 N–H and O–H groups in total. The topological polar surface area (TPSA) is 127 Å². The molecule has 4 aromatic rings. The second-order valence-electron chi connectivity index (χ2n) is 8.97. The molecule has 11 heteroatoms. The minimum absolute atomic E-state index is 0.138. The molecule has 0 radical (unpaired) electrons. The number of benzene rings is 3. The molecule has 1 aromatic heterocycles. The summed E-state index contributed by atoms with van der Waals surface area (Å²) in [4.78, 5) is 23.4. The zero-order valence-electron chi connectivity index (χ0n) is 21.1. The molecule has 0 fully saturated rings. The number of nitro groups is 1. The minimum Gasteiger partial charge on any atom is -0.309 e. The van der Waals surface area contributed by atoms with Gasteiger partial charge in [-0.15, -0.1) is 0 Å². The first kappa shape index (κ1) is 26.7. The van der Waals surface area contributed by atoms with Gasteiger partial charge >= 0.3 is 0 Å². The number of nitro benzene ring substituents is 1. The molecule has 0 saturated heterocycles. The van der Waals surface area contributed by atoms with Gasteiger partial charge in [0.2, 0.25) is 15.9 Å². The number of nitrogens with zero attached hydrogens (tertiary/aromatic N) is 4. The van der Waals surface area contributed by atoms with Gasteiger partial charge in [-0.1, -0.05) is 48.0 Å². The highest BCUT2D eigenvalue weighted by atomic mass is 32.2. The lowest BCUT2D eigenvalue weighted by Crippen LogP contribution is -2.42. The van der Waals surface area contributed by atoms with Crippen molar-refractivity contribution in [2.75, 3.05) is 11.9 Å². The minimum atomic E-state index is -4.11. The second kappa shape index (κ2) is 11.0. The van der Waals surface area contributed by atoms with E-state index in [0.717, 1.165) is 33.3 Å². The molecule has 1 heterocycles. The van der Waals surface area contributed by atoms with Crippen LogP contribution in [0.5, 0.6) is 0 Å². The lowest BCUT2D eigenvalue weighted by atomic mass is 10.1. The van der Waals surface area contributed by atoms with Gasteiger partial charge in [0, 0.05) is 29.8 Å². The molecule has 3 aromatic carbocycles. The number of aromatic nitrogens is 2. The van der Waals surface area contributed by atoms with Gasteiger partial charge in [-0.25, -0.2) is 13.1 Å². The van der Waals surface area contributed by atoms with Crippen molar-refractivity contribution in [3.63, 3.8) is 0 Å². The van der Waals surface area contributed by atoms with E-state index in [2.05, 4.69) is 10.4 Å². The third kappa shape index (κ3) is 5.79. The summed E-state index contributed by atoms with van der Waals surface area (Å²) < 4.78 is 29.3. The third-order valence-electron chi connectivity index (χ3n) is 5.85. The van der Waals surface area contributed by atoms with E-state index in [1.54, 1.807) is 24.6 Å². The van der Waals surface area contributed by atoms with E-state index in [-0.39, 0.29) is 10.6 Å². The maximum Gasteiger partial charge on any atom is 0.269 e. The Kier molecular flexibility index (Phi) is 7.70. The Morgan fingerprint density at radius 1 is 1.03 bits per heavy atom. The van der Waals surface area contributed by atoms with E-state index < -0.39 is 33.4 Å². The molecule has 0 spiro atoms. The van der Waals surface area contributed by atoms with E-state index in [0.29, 0.717) is 11.5 Å². The van der Waals surface area contributed by atoms with Gasteiger partial charge < -0.3 is 5.32 Å². The predicted octanol–water partition coefficient (Wildman–Crippen LogP) is 4.79. The monoisotopic (exact) mass is 533 g/mol. The van der Waals surface area contributed by atoms with Crippen LogP contribution in [0.4, 0.5) is 11.5 Å². The smallest absolute Gasteiger partial charge is 0.269 e. The van der Waals surface area contributed by atoms with Crippen LogP contribution in [-0.4, -0.2) is 45.9 Å². The van der Waals surface area contributed by atoms with Crippen LogP contribution in [0, 0.1) is 17.0 Å². The van der Waals surface area contributed by atoms with Crippen molar-refractivity contribution in [1.29, 1.82) is 0 Å². The number of rotatable bonds is 9. The van der Waals surface area contributed by atoms with Crippen LogP contribution in [0.25, 0.3) is 16.9 Å². The number of amides is 1. The molecule has 0 aliphatic heterocycles. The molecule has 1 amide bonds. The average molecular weight is 534 g/mol. The zero-order valence-corrected chi connectivity index (χ0v) is 21.9. The molecule has 0 aliphatic rings. The number of nitrogens with one attached hydrogen (secondary N) is 1. The maximum atomic E-state index is 13.3. The Hall–Kier alpha value is -4.35. The van der Waals surface area contributed by atoms with Crippen LogP contribution >= 0.6 is 0 Å². The first-order chi connectivity index (χ1) is 18.1. The van der Waals surface area contributed by atoms with E-state index in [9.17, 15) is 23.3 Å². The fourth-order valence-electron chi connectivity index (χ4n) is 3.85. The summed E-state index contributed by atoms with van der Waals surface area (Å²) in [5.74, 6) is -0.175. The zero-order chi connectivity index (χ0) is 27.4. The quantitative estimate of drug-likeness (QED) is 0.243. The lowest BCUT2D eigenvalue weighted by molar-refractivity contribution is -0.384. The van der Waals surface area contributed by atoms with Crippen LogP contribution in [0.1, 0.15) is 19.4 Å². The maximum absolute atomic E-state index is 13.3. The summed E-state index contributed by atoms with van der Waals surface area (Å²) in [6, 6.07) is 22.9. The number of hydrogen-bond acceptors (Lipinski definition) is 6. The predicted molar refractivity (Wildman–Crippen MR) is 144 cm³/mol. The van der Waals surface area contributed by atoms with E-state index in [1.165, 1.54) is 12.1 Å². The molecule has 10 nitrogen and oxygen atoms in total. The molecule has 0 aliphatic carbocycles. The van der Waals surface area contributed by atoms with Gasteiger partial charge in [0.1, 0.15) is 5.82 Å². The Morgan fingerprint density at radius 2 is 1.66 bits per heavy atom. The molecular formula is C27H27N5O5S. The van der Waals surface area contributed by atoms with Gasteiger partial charge in [0.05, 0.1) is 27.7 Å². The third-order valence-corrected chi connectivity index (χ3v) is 7.89. The molecule has 38 heavy (non-hydrogen) atoms. The van der Waals surface area contributed by atoms with E-state index in [1.807, 2.05) is 61.5 Å². The van der Waals surface area contributed by atoms with Crippen LogP contribution in [0.15, 0.2) is 89.8 Å². The highest BCUT2D eigenvalue weighted by Gasteiger charge is 2.30. The van der Waals surface area contributed by atoms with Gasteiger partial charge in [-0.3, -0.25) is 14.9 Å². The number of aryl methyl sites for hydroxylation is 1. The SMILES string of the molecule is Cc1ccc(-n2nc(-c3ccccc3)cc2NC(=O)CN(C(C)C)S(=O)(=O)c2ccc([N+](=O)[O-])cc2)cc1. The number of carbonyl (C=O) groups excluding carboxylic acids is 1. The lowest BCUT2D eigenvalue weighted by Gasteiger charge is -2.25. The fraction of sp³-hybridized carbons (Fsp3) is 0.185. The Bertz CT molecular complexity index is 1550. The van der Waals surface area contributed by atoms with Crippen molar-refractivity contribution < 1.29 is 18.1 Å².